The SMILES string of the molecule is CC(C)CCC(=O)NCCN1CCc2ccccc2C1. The molecule has 0 aromatic heterocycles. The lowest BCUT2D eigenvalue weighted by Gasteiger charge is -2.28. The van der Waals surface area contributed by atoms with E-state index in [-0.39, 0.29) is 5.91 Å². The number of hydrogen-bond donors (Lipinski definition) is 1. The van der Waals surface area contributed by atoms with Gasteiger partial charge in [-0.1, -0.05) is 38.1 Å². The van der Waals surface area contributed by atoms with E-state index in [1.807, 2.05) is 0 Å². The summed E-state index contributed by atoms with van der Waals surface area (Å²) in [4.78, 5) is 14.1. The summed E-state index contributed by atoms with van der Waals surface area (Å²) in [5.74, 6) is 0.787. The lowest BCUT2D eigenvalue weighted by Crippen LogP contribution is -2.37. The van der Waals surface area contributed by atoms with Gasteiger partial charge in [0.1, 0.15) is 0 Å². The Bertz CT molecular complexity index is 442. The second kappa shape index (κ2) is 7.44. The monoisotopic (exact) mass is 274 g/mol. The highest BCUT2D eigenvalue weighted by atomic mass is 16.1. The fourth-order valence-corrected chi connectivity index (χ4v) is 2.61. The highest BCUT2D eigenvalue weighted by Gasteiger charge is 2.15. The van der Waals surface area contributed by atoms with Crippen LogP contribution in [0.2, 0.25) is 0 Å². The second-order valence-corrected chi connectivity index (χ2v) is 6.08. The van der Waals surface area contributed by atoms with Crippen LogP contribution in [0.25, 0.3) is 0 Å². The number of fused-ring (bicyclic) bond motifs is 1. The molecule has 1 N–H and O–H groups in total. The van der Waals surface area contributed by atoms with Gasteiger partial charge in [0.2, 0.25) is 5.91 Å². The van der Waals surface area contributed by atoms with Crippen molar-refractivity contribution in [1.29, 1.82) is 0 Å². The van der Waals surface area contributed by atoms with Crippen molar-refractivity contribution in [3.05, 3.63) is 35.4 Å². The van der Waals surface area contributed by atoms with E-state index in [9.17, 15) is 4.79 Å². The van der Waals surface area contributed by atoms with Gasteiger partial charge in [0.15, 0.2) is 0 Å². The summed E-state index contributed by atoms with van der Waals surface area (Å²) in [6, 6.07) is 8.66. The van der Waals surface area contributed by atoms with Gasteiger partial charge in [-0.05, 0) is 29.9 Å². The first-order valence-corrected chi connectivity index (χ1v) is 7.71. The van der Waals surface area contributed by atoms with Gasteiger partial charge in [-0.3, -0.25) is 9.69 Å². The Hall–Kier alpha value is -1.35. The summed E-state index contributed by atoms with van der Waals surface area (Å²) in [5.41, 5.74) is 2.91. The number of rotatable bonds is 6. The van der Waals surface area contributed by atoms with E-state index in [1.54, 1.807) is 0 Å². The summed E-state index contributed by atoms with van der Waals surface area (Å²) in [6.45, 7) is 8.12. The molecule has 0 fully saturated rings. The molecular formula is C17H26N2O. The standard InChI is InChI=1S/C17H26N2O/c1-14(2)7-8-17(20)18-10-12-19-11-9-15-5-3-4-6-16(15)13-19/h3-6,14H,7-13H2,1-2H3,(H,18,20). The van der Waals surface area contributed by atoms with Gasteiger partial charge in [-0.2, -0.15) is 0 Å². The Morgan fingerprint density at radius 2 is 2.05 bits per heavy atom. The number of benzene rings is 1. The highest BCUT2D eigenvalue weighted by Crippen LogP contribution is 2.17. The zero-order valence-electron chi connectivity index (χ0n) is 12.7. The van der Waals surface area contributed by atoms with Crippen LogP contribution in [0.5, 0.6) is 0 Å². The molecular weight excluding hydrogens is 248 g/mol. The third kappa shape index (κ3) is 4.64. The molecule has 0 radical (unpaired) electrons. The molecule has 1 amide bonds. The van der Waals surface area contributed by atoms with Crippen LogP contribution in [0.1, 0.15) is 37.8 Å². The van der Waals surface area contributed by atoms with E-state index < -0.39 is 0 Å². The minimum atomic E-state index is 0.191. The van der Waals surface area contributed by atoms with Crippen LogP contribution in [-0.4, -0.2) is 30.4 Å². The van der Waals surface area contributed by atoms with Crippen molar-refractivity contribution < 1.29 is 4.79 Å². The van der Waals surface area contributed by atoms with Gasteiger partial charge in [0.05, 0.1) is 0 Å². The van der Waals surface area contributed by atoms with Crippen molar-refractivity contribution in [3.8, 4) is 0 Å². The molecule has 1 aromatic carbocycles. The Labute approximate surface area is 122 Å². The summed E-state index contributed by atoms with van der Waals surface area (Å²) in [7, 11) is 0. The molecule has 0 bridgehead atoms. The lowest BCUT2D eigenvalue weighted by molar-refractivity contribution is -0.121. The first-order chi connectivity index (χ1) is 9.65. The third-order valence-corrected chi connectivity index (χ3v) is 3.91. The van der Waals surface area contributed by atoms with Crippen molar-refractivity contribution in [2.75, 3.05) is 19.6 Å². The maximum absolute atomic E-state index is 11.7. The van der Waals surface area contributed by atoms with Gasteiger partial charge in [-0.15, -0.1) is 0 Å². The maximum atomic E-state index is 11.7. The number of hydrogen-bond acceptors (Lipinski definition) is 2. The first-order valence-electron chi connectivity index (χ1n) is 7.71. The Morgan fingerprint density at radius 3 is 2.80 bits per heavy atom. The average molecular weight is 274 g/mol. The van der Waals surface area contributed by atoms with Crippen LogP contribution in [0.3, 0.4) is 0 Å². The van der Waals surface area contributed by atoms with Crippen LogP contribution in [0.15, 0.2) is 24.3 Å². The number of carbonyl (C=O) groups is 1. The molecule has 1 heterocycles. The molecule has 0 unspecified atom stereocenters. The molecule has 0 saturated heterocycles. The lowest BCUT2D eigenvalue weighted by atomic mass is 10.00. The smallest absolute Gasteiger partial charge is 0.220 e. The maximum Gasteiger partial charge on any atom is 0.220 e. The molecule has 3 heteroatoms. The normalized spacial score (nSPS) is 15.2. The molecule has 3 nitrogen and oxygen atoms in total. The minimum Gasteiger partial charge on any atom is -0.355 e. The van der Waals surface area contributed by atoms with E-state index in [2.05, 4.69) is 48.3 Å². The van der Waals surface area contributed by atoms with Crippen molar-refractivity contribution >= 4 is 5.91 Å². The van der Waals surface area contributed by atoms with Gasteiger partial charge in [0, 0.05) is 32.6 Å². The topological polar surface area (TPSA) is 32.3 Å². The van der Waals surface area contributed by atoms with Crippen LogP contribution in [0, 0.1) is 5.92 Å². The van der Waals surface area contributed by atoms with Gasteiger partial charge >= 0.3 is 0 Å². The van der Waals surface area contributed by atoms with E-state index in [4.69, 9.17) is 0 Å². The van der Waals surface area contributed by atoms with E-state index in [0.29, 0.717) is 12.3 Å². The van der Waals surface area contributed by atoms with Crippen LogP contribution in [-0.2, 0) is 17.8 Å². The number of carbonyl (C=O) groups excluding carboxylic acids is 1. The average Bonchev–Trinajstić information content (AvgIpc) is 2.45. The molecule has 0 aliphatic carbocycles. The number of nitrogens with zero attached hydrogens (tertiary/aromatic N) is 1. The van der Waals surface area contributed by atoms with Gasteiger partial charge in [0.25, 0.3) is 0 Å². The molecule has 1 aliphatic heterocycles. The van der Waals surface area contributed by atoms with Gasteiger partial charge in [-0.25, -0.2) is 0 Å². The van der Waals surface area contributed by atoms with Crippen molar-refractivity contribution in [3.63, 3.8) is 0 Å². The third-order valence-electron chi connectivity index (χ3n) is 3.91. The van der Waals surface area contributed by atoms with Crippen molar-refractivity contribution in [1.82, 2.24) is 10.2 Å². The Kier molecular flexibility index (Phi) is 5.60. The largest absolute Gasteiger partial charge is 0.355 e. The van der Waals surface area contributed by atoms with E-state index >= 15 is 0 Å². The van der Waals surface area contributed by atoms with E-state index in [0.717, 1.165) is 39.0 Å². The van der Waals surface area contributed by atoms with Gasteiger partial charge < -0.3 is 5.32 Å². The van der Waals surface area contributed by atoms with Crippen LogP contribution in [0.4, 0.5) is 0 Å². The highest BCUT2D eigenvalue weighted by molar-refractivity contribution is 5.75. The summed E-state index contributed by atoms with van der Waals surface area (Å²) >= 11 is 0. The molecule has 2 rings (SSSR count). The molecule has 1 aromatic rings. The minimum absolute atomic E-state index is 0.191. The summed E-state index contributed by atoms with van der Waals surface area (Å²) in [5, 5.41) is 3.03. The zero-order chi connectivity index (χ0) is 14.4. The second-order valence-electron chi connectivity index (χ2n) is 6.08. The fourth-order valence-electron chi connectivity index (χ4n) is 2.61. The molecule has 0 saturated carbocycles. The fraction of sp³-hybridized carbons (Fsp3) is 0.588. The predicted octanol–water partition coefficient (Wildman–Crippen LogP) is 2.60. The number of amides is 1. The molecule has 1 aliphatic rings. The van der Waals surface area contributed by atoms with Crippen molar-refractivity contribution in [2.45, 2.75) is 39.7 Å². The zero-order valence-corrected chi connectivity index (χ0v) is 12.7. The summed E-state index contributed by atoms with van der Waals surface area (Å²) in [6.07, 6.45) is 2.75. The van der Waals surface area contributed by atoms with Crippen LogP contribution >= 0.6 is 0 Å². The van der Waals surface area contributed by atoms with Crippen LogP contribution < -0.4 is 5.32 Å². The quantitative estimate of drug-likeness (QED) is 0.865. The van der Waals surface area contributed by atoms with Crippen molar-refractivity contribution in [2.24, 2.45) is 5.92 Å². The molecule has 20 heavy (non-hydrogen) atoms. The Balaban J connectivity index is 1.67. The summed E-state index contributed by atoms with van der Waals surface area (Å²) < 4.78 is 0. The molecule has 0 atom stereocenters. The number of nitrogens with one attached hydrogen (secondary N) is 1. The molecule has 0 spiro atoms. The Morgan fingerprint density at radius 1 is 1.30 bits per heavy atom. The predicted molar refractivity (Wildman–Crippen MR) is 82.5 cm³/mol. The first kappa shape index (κ1) is 15.0. The molecule has 110 valence electrons. The van der Waals surface area contributed by atoms with E-state index in [1.165, 1.54) is 11.1 Å².